The molecule has 0 fully saturated rings. The van der Waals surface area contributed by atoms with Crippen LogP contribution in [-0.2, 0) is 0 Å². The highest BCUT2D eigenvalue weighted by Crippen LogP contribution is 2.25. The Bertz CT molecular complexity index is 104. The summed E-state index contributed by atoms with van der Waals surface area (Å²) < 4.78 is 0. The largest absolute Gasteiger partial charge is 0.330 e. The zero-order valence-electron chi connectivity index (χ0n) is 8.52. The van der Waals surface area contributed by atoms with Crippen LogP contribution in [0, 0.1) is 11.8 Å². The molecule has 0 rings (SSSR count). The number of hydrogen-bond donors (Lipinski definition) is 4. The van der Waals surface area contributed by atoms with Crippen molar-refractivity contribution in [3.05, 3.63) is 0 Å². The summed E-state index contributed by atoms with van der Waals surface area (Å²) in [4.78, 5) is 0. The maximum atomic E-state index is 5.54. The van der Waals surface area contributed by atoms with E-state index in [9.17, 15) is 0 Å². The first-order chi connectivity index (χ1) is 6.78. The van der Waals surface area contributed by atoms with Gasteiger partial charge in [0.2, 0.25) is 0 Å². The fourth-order valence-corrected chi connectivity index (χ4v) is 3.61. The topological polar surface area (TPSA) is 104 Å². The Morgan fingerprint density at radius 3 is 1.14 bits per heavy atom. The van der Waals surface area contributed by atoms with E-state index in [1.54, 1.807) is 0 Å². The van der Waals surface area contributed by atoms with Crippen LogP contribution in [0.2, 0.25) is 0 Å². The summed E-state index contributed by atoms with van der Waals surface area (Å²) >= 11 is 0. The van der Waals surface area contributed by atoms with Crippen molar-refractivity contribution >= 4 is 21.6 Å². The van der Waals surface area contributed by atoms with Crippen LogP contribution in [0.25, 0.3) is 0 Å². The second kappa shape index (κ2) is 10.1. The van der Waals surface area contributed by atoms with Crippen molar-refractivity contribution in [2.75, 3.05) is 37.7 Å². The zero-order valence-corrected chi connectivity index (χ0v) is 10.2. The molecular weight excluding hydrogens is 216 g/mol. The molecule has 0 heterocycles. The predicted molar refractivity (Wildman–Crippen MR) is 68.1 cm³/mol. The molecule has 0 aromatic rings. The molecule has 8 N–H and O–H groups in total. The van der Waals surface area contributed by atoms with E-state index in [-0.39, 0.29) is 0 Å². The van der Waals surface area contributed by atoms with E-state index >= 15 is 0 Å². The van der Waals surface area contributed by atoms with E-state index in [1.807, 2.05) is 21.6 Å². The quantitative estimate of drug-likeness (QED) is 0.317. The van der Waals surface area contributed by atoms with Crippen molar-refractivity contribution in [1.82, 2.24) is 0 Å². The number of rotatable bonds is 9. The molecule has 0 saturated carbocycles. The lowest BCUT2D eigenvalue weighted by molar-refractivity contribution is 0.618. The Morgan fingerprint density at radius 1 is 0.643 bits per heavy atom. The third-order valence-corrected chi connectivity index (χ3v) is 4.72. The van der Waals surface area contributed by atoms with Crippen LogP contribution in [0.1, 0.15) is 0 Å². The van der Waals surface area contributed by atoms with Crippen LogP contribution >= 0.6 is 21.6 Å². The van der Waals surface area contributed by atoms with Gasteiger partial charge in [0.1, 0.15) is 0 Å². The number of nitrogens with two attached hydrogens (primary N) is 4. The molecule has 0 aromatic carbocycles. The van der Waals surface area contributed by atoms with E-state index < -0.39 is 0 Å². The molecular formula is C8H22N4S2. The zero-order chi connectivity index (χ0) is 10.8. The summed E-state index contributed by atoms with van der Waals surface area (Å²) in [5.41, 5.74) is 22.1. The monoisotopic (exact) mass is 238 g/mol. The van der Waals surface area contributed by atoms with Crippen molar-refractivity contribution in [2.45, 2.75) is 0 Å². The fraction of sp³-hybridized carbons (Fsp3) is 1.00. The van der Waals surface area contributed by atoms with Gasteiger partial charge in [0.15, 0.2) is 0 Å². The first-order valence-electron chi connectivity index (χ1n) is 4.83. The molecule has 6 heteroatoms. The van der Waals surface area contributed by atoms with Gasteiger partial charge in [-0.15, -0.1) is 0 Å². The Hall–Kier alpha value is 0.540. The van der Waals surface area contributed by atoms with Gasteiger partial charge in [-0.3, -0.25) is 0 Å². The molecule has 0 unspecified atom stereocenters. The first-order valence-corrected chi connectivity index (χ1v) is 7.31. The van der Waals surface area contributed by atoms with Crippen molar-refractivity contribution in [3.8, 4) is 0 Å². The minimum atomic E-state index is 0.432. The molecule has 4 nitrogen and oxygen atoms in total. The third kappa shape index (κ3) is 6.92. The molecule has 0 spiro atoms. The maximum Gasteiger partial charge on any atom is 0.00894 e. The highest BCUT2D eigenvalue weighted by Gasteiger charge is 2.07. The number of hydrogen-bond acceptors (Lipinski definition) is 6. The van der Waals surface area contributed by atoms with E-state index in [4.69, 9.17) is 22.9 Å². The fourth-order valence-electron chi connectivity index (χ4n) is 0.753. The molecule has 0 atom stereocenters. The minimum absolute atomic E-state index is 0.432. The van der Waals surface area contributed by atoms with Crippen LogP contribution in [0.15, 0.2) is 0 Å². The van der Waals surface area contributed by atoms with Gasteiger partial charge in [-0.25, -0.2) is 0 Å². The van der Waals surface area contributed by atoms with Crippen molar-refractivity contribution in [1.29, 1.82) is 0 Å². The molecule has 14 heavy (non-hydrogen) atoms. The standard InChI is InChI=1S/C8H22N4S2/c9-1-7(2-10)5-13-14-6-8(3-11)4-12/h7-8H,1-6,9-12H2. The van der Waals surface area contributed by atoms with Gasteiger partial charge in [-0.2, -0.15) is 0 Å². The van der Waals surface area contributed by atoms with Crippen molar-refractivity contribution < 1.29 is 0 Å². The van der Waals surface area contributed by atoms with Crippen LogP contribution in [0.5, 0.6) is 0 Å². The van der Waals surface area contributed by atoms with Crippen LogP contribution in [-0.4, -0.2) is 37.7 Å². The third-order valence-electron chi connectivity index (χ3n) is 2.02. The predicted octanol–water partition coefficient (Wildman–Crippen LogP) is -0.565. The average Bonchev–Trinajstić information content (AvgIpc) is 2.24. The Morgan fingerprint density at radius 2 is 0.929 bits per heavy atom. The van der Waals surface area contributed by atoms with Gasteiger partial charge in [0, 0.05) is 11.5 Å². The highest BCUT2D eigenvalue weighted by molar-refractivity contribution is 8.76. The van der Waals surface area contributed by atoms with Gasteiger partial charge in [-0.1, -0.05) is 21.6 Å². The first kappa shape index (κ1) is 14.5. The Balaban J connectivity index is 3.35. The van der Waals surface area contributed by atoms with E-state index in [0.717, 1.165) is 11.5 Å². The Kier molecular flexibility index (Phi) is 10.5. The van der Waals surface area contributed by atoms with Crippen molar-refractivity contribution in [2.24, 2.45) is 34.8 Å². The maximum absolute atomic E-state index is 5.54. The smallest absolute Gasteiger partial charge is 0.00894 e. The minimum Gasteiger partial charge on any atom is -0.330 e. The summed E-state index contributed by atoms with van der Waals surface area (Å²) in [5.74, 6) is 2.89. The summed E-state index contributed by atoms with van der Waals surface area (Å²) in [6.07, 6.45) is 0. The second-order valence-corrected chi connectivity index (χ2v) is 5.80. The Labute approximate surface area is 94.3 Å². The molecule has 0 aliphatic carbocycles. The summed E-state index contributed by atoms with van der Waals surface area (Å²) in [7, 11) is 3.63. The molecule has 0 aliphatic rings. The summed E-state index contributed by atoms with van der Waals surface area (Å²) in [5, 5.41) is 0. The van der Waals surface area contributed by atoms with Crippen LogP contribution in [0.4, 0.5) is 0 Å². The van der Waals surface area contributed by atoms with Gasteiger partial charge in [0.25, 0.3) is 0 Å². The normalized spacial score (nSPS) is 11.6. The molecule has 0 amide bonds. The molecule has 86 valence electrons. The molecule has 0 radical (unpaired) electrons. The van der Waals surface area contributed by atoms with E-state index in [0.29, 0.717) is 38.0 Å². The lowest BCUT2D eigenvalue weighted by Crippen LogP contribution is -2.26. The molecule has 0 saturated heterocycles. The molecule has 0 aliphatic heterocycles. The SMILES string of the molecule is NCC(CN)CSSCC(CN)CN. The molecule has 0 bridgehead atoms. The lowest BCUT2D eigenvalue weighted by Gasteiger charge is -2.13. The average molecular weight is 238 g/mol. The van der Waals surface area contributed by atoms with Crippen LogP contribution in [0.3, 0.4) is 0 Å². The second-order valence-electron chi connectivity index (χ2n) is 3.24. The van der Waals surface area contributed by atoms with Gasteiger partial charge in [0.05, 0.1) is 0 Å². The molecule has 0 aromatic heterocycles. The van der Waals surface area contributed by atoms with E-state index in [1.165, 1.54) is 0 Å². The van der Waals surface area contributed by atoms with Crippen molar-refractivity contribution in [3.63, 3.8) is 0 Å². The van der Waals surface area contributed by atoms with Gasteiger partial charge < -0.3 is 22.9 Å². The lowest BCUT2D eigenvalue weighted by atomic mass is 10.2. The van der Waals surface area contributed by atoms with E-state index in [2.05, 4.69) is 0 Å². The van der Waals surface area contributed by atoms with Crippen LogP contribution < -0.4 is 22.9 Å². The van der Waals surface area contributed by atoms with Gasteiger partial charge in [-0.05, 0) is 38.0 Å². The summed E-state index contributed by atoms with van der Waals surface area (Å²) in [6.45, 7) is 2.67. The summed E-state index contributed by atoms with van der Waals surface area (Å²) in [6, 6.07) is 0. The van der Waals surface area contributed by atoms with Gasteiger partial charge >= 0.3 is 0 Å². The highest BCUT2D eigenvalue weighted by atomic mass is 33.1.